The normalized spacial score (nSPS) is 17.7. The van der Waals surface area contributed by atoms with Gasteiger partial charge in [-0.05, 0) is 30.5 Å². The molecule has 12 heteroatoms. The van der Waals surface area contributed by atoms with Gasteiger partial charge in [-0.3, -0.25) is 33.7 Å². The van der Waals surface area contributed by atoms with Gasteiger partial charge in [0.1, 0.15) is 18.6 Å². The summed E-state index contributed by atoms with van der Waals surface area (Å²) in [6.07, 6.45) is -1.62. The highest BCUT2D eigenvalue weighted by molar-refractivity contribution is 6.04. The Balaban J connectivity index is 1.79. The van der Waals surface area contributed by atoms with E-state index in [1.807, 2.05) is 0 Å². The summed E-state index contributed by atoms with van der Waals surface area (Å²) in [5, 5.41) is 14.6. The molecule has 1 aromatic rings. The van der Waals surface area contributed by atoms with Gasteiger partial charge in [0.25, 0.3) is 0 Å². The highest BCUT2D eigenvalue weighted by Crippen LogP contribution is 2.11. The van der Waals surface area contributed by atoms with Gasteiger partial charge in [-0.25, -0.2) is 0 Å². The highest BCUT2D eigenvalue weighted by atomic mass is 16.3. The van der Waals surface area contributed by atoms with Crippen molar-refractivity contribution in [2.75, 3.05) is 18.4 Å². The quantitative estimate of drug-likeness (QED) is 0.222. The van der Waals surface area contributed by atoms with E-state index in [-0.39, 0.29) is 31.9 Å². The molecule has 5 N–H and O–H groups in total. The van der Waals surface area contributed by atoms with Crippen molar-refractivity contribution >= 4 is 41.1 Å². The summed E-state index contributed by atoms with van der Waals surface area (Å²) in [5.74, 6) is -3.82. The van der Waals surface area contributed by atoms with Crippen LogP contribution in [0.2, 0.25) is 0 Å². The maximum Gasteiger partial charge on any atom is 0.246 e. The third-order valence-electron chi connectivity index (χ3n) is 5.40. The Kier molecular flexibility index (Phi) is 9.37. The van der Waals surface area contributed by atoms with Gasteiger partial charge in [-0.2, -0.15) is 0 Å². The number of nitrogens with one attached hydrogen (secondary N) is 4. The Morgan fingerprint density at radius 3 is 2.33 bits per heavy atom. The third-order valence-corrected chi connectivity index (χ3v) is 5.40. The van der Waals surface area contributed by atoms with E-state index in [0.29, 0.717) is 10.6 Å². The van der Waals surface area contributed by atoms with E-state index in [1.54, 1.807) is 38.1 Å². The number of carbonyl (C=O) groups is 6. The maximum absolute atomic E-state index is 12.8. The van der Waals surface area contributed by atoms with Gasteiger partial charge in [0.15, 0.2) is 0 Å². The fourth-order valence-electron chi connectivity index (χ4n) is 3.28. The molecule has 1 aliphatic rings. The topological polar surface area (TPSA) is 174 Å². The molecule has 1 unspecified atom stereocenters. The van der Waals surface area contributed by atoms with Crippen LogP contribution in [0.3, 0.4) is 0 Å². The van der Waals surface area contributed by atoms with E-state index in [0.717, 1.165) is 5.56 Å². The van der Waals surface area contributed by atoms with Gasteiger partial charge in [0.05, 0.1) is 6.61 Å². The molecule has 1 heterocycles. The van der Waals surface area contributed by atoms with E-state index in [9.17, 15) is 28.8 Å². The van der Waals surface area contributed by atoms with Crippen molar-refractivity contribution in [3.8, 4) is 0 Å². The minimum Gasteiger partial charge on any atom is -0.392 e. The first-order valence-corrected chi connectivity index (χ1v) is 11.5. The number of amides is 6. The zero-order chi connectivity index (χ0) is 28.4. The Bertz CT molecular complexity index is 1050. The lowest BCUT2D eigenvalue weighted by Crippen LogP contribution is -2.54. The number of aliphatic hydroxyl groups is 1. The molecule has 0 aromatic heterocycles. The number of likely N-dealkylation sites (tertiary alicyclic amines) is 1. The summed E-state index contributed by atoms with van der Waals surface area (Å²) >= 11 is 0. The number of benzene rings is 1. The number of imide groups is 1. The van der Waals surface area contributed by atoms with Crippen LogP contribution in [0.1, 0.15) is 46.9 Å². The van der Waals surface area contributed by atoms with Crippen LogP contribution in [0.4, 0.5) is 5.69 Å². The van der Waals surface area contributed by atoms with E-state index in [2.05, 4.69) is 26.4 Å². The van der Waals surface area contributed by atoms with Crippen LogP contribution in [-0.4, -0.2) is 72.1 Å². The molecule has 1 saturated heterocycles. The lowest BCUT2D eigenvalue weighted by Gasteiger charge is -2.24. The molecule has 1 aliphatic heterocycles. The number of hydrogen-bond acceptors (Lipinski definition) is 7. The molecule has 36 heavy (non-hydrogen) atoms. The van der Waals surface area contributed by atoms with Crippen molar-refractivity contribution in [1.82, 2.24) is 20.9 Å². The summed E-state index contributed by atoms with van der Waals surface area (Å²) in [7, 11) is 0. The summed E-state index contributed by atoms with van der Waals surface area (Å²) < 4.78 is 14.2. The zero-order valence-electron chi connectivity index (χ0n) is 22.5. The maximum atomic E-state index is 12.8. The number of rotatable bonds is 13. The molecular weight excluding hydrogens is 470 g/mol. The molecule has 0 aliphatic carbocycles. The van der Waals surface area contributed by atoms with Crippen molar-refractivity contribution in [2.45, 2.75) is 58.7 Å². The first-order chi connectivity index (χ1) is 17.9. The summed E-state index contributed by atoms with van der Waals surface area (Å²) in [4.78, 5) is 73.8. The molecule has 196 valence electrons. The highest BCUT2D eigenvalue weighted by Gasteiger charge is 2.30. The number of hydrogen-bond donors (Lipinski definition) is 5. The first-order valence-electron chi connectivity index (χ1n) is 12.5. The van der Waals surface area contributed by atoms with Gasteiger partial charge < -0.3 is 26.4 Å². The second-order valence-corrected chi connectivity index (χ2v) is 8.68. The molecule has 6 amide bonds. The van der Waals surface area contributed by atoms with Crippen LogP contribution >= 0.6 is 0 Å². The fraction of sp³-hybridized carbons (Fsp3) is 0.500. The third kappa shape index (κ3) is 8.45. The Morgan fingerprint density at radius 1 is 1.06 bits per heavy atom. The first kappa shape index (κ1) is 25.3. The number of anilines is 1. The summed E-state index contributed by atoms with van der Waals surface area (Å²) in [6, 6.07) is 4.83. The molecule has 1 fully saturated rings. The summed E-state index contributed by atoms with van der Waals surface area (Å²) in [6.45, 7) is 4.45. The predicted molar refractivity (Wildman–Crippen MR) is 129 cm³/mol. The Labute approximate surface area is 212 Å². The van der Waals surface area contributed by atoms with Gasteiger partial charge in [0.2, 0.25) is 36.9 Å². The second-order valence-electron chi connectivity index (χ2n) is 8.68. The molecule has 0 bridgehead atoms. The van der Waals surface area contributed by atoms with Crippen LogP contribution in [0, 0.1) is 5.92 Å². The van der Waals surface area contributed by atoms with Crippen molar-refractivity contribution in [1.29, 1.82) is 1.43 Å². The largest absolute Gasteiger partial charge is 0.392 e. The molecule has 2 rings (SSSR count). The van der Waals surface area contributed by atoms with Crippen LogP contribution in [0.5, 0.6) is 0 Å². The molecule has 3 atom stereocenters. The molecule has 12 nitrogen and oxygen atoms in total. The van der Waals surface area contributed by atoms with Gasteiger partial charge >= 0.3 is 0 Å². The standard InChI is InChI=1S/C24H33N5O7/c1-14(2)22(24(36)26-15(3)23(35)27-17-6-4-16(13-30)5-7-17)28-18(31)10-11-25-19(32)12-29-20(33)8-9-21(29)34/h4-7,14-15,22,30H,8-13H2,1-3H3,(H,25,32)(H,26,36)(H,27,35)(H,28,31)/t15-,22-/m0/s1/i8T,30D/t8?,15-,22-. The Hall–Kier alpha value is -3.80. The van der Waals surface area contributed by atoms with Crippen LogP contribution in [0.15, 0.2) is 24.3 Å². The molecule has 1 aromatic carbocycles. The lowest BCUT2D eigenvalue weighted by atomic mass is 10.0. The SMILES string of the molecule is [2H]OCc1ccc(NC(=O)[C@H](C)NC(=O)[C@@H](NC(=O)CCNC(=O)CN2C(=O)CC([3H])C2=O)C(C)C)cc1. The molecule has 0 spiro atoms. The smallest absolute Gasteiger partial charge is 0.246 e. The predicted octanol–water partition coefficient (Wildman–Crippen LogP) is -0.582. The lowest BCUT2D eigenvalue weighted by molar-refractivity contribution is -0.142. The molecular formula is C24H33N5O7. The van der Waals surface area contributed by atoms with Crippen LogP contribution in [-0.2, 0) is 35.4 Å². The monoisotopic (exact) mass is 506 g/mol. The fourth-order valence-corrected chi connectivity index (χ4v) is 3.28. The van der Waals surface area contributed by atoms with Crippen LogP contribution < -0.4 is 21.3 Å². The van der Waals surface area contributed by atoms with Gasteiger partial charge in [-0.15, -0.1) is 0 Å². The molecule has 0 radical (unpaired) electrons. The van der Waals surface area contributed by atoms with E-state index >= 15 is 0 Å². The Morgan fingerprint density at radius 2 is 1.75 bits per heavy atom. The number of aliphatic hydroxyl groups excluding tert-OH is 1. The van der Waals surface area contributed by atoms with Crippen molar-refractivity contribution in [3.63, 3.8) is 0 Å². The average molecular weight is 507 g/mol. The summed E-state index contributed by atoms with van der Waals surface area (Å²) in [5.41, 5.74) is 1.26. The van der Waals surface area contributed by atoms with E-state index in [4.69, 9.17) is 2.80 Å². The number of nitrogens with zero attached hydrogens (tertiary/aromatic N) is 1. The van der Waals surface area contributed by atoms with Gasteiger partial charge in [0, 0.05) is 32.8 Å². The van der Waals surface area contributed by atoms with Crippen molar-refractivity contribution in [3.05, 3.63) is 29.8 Å². The van der Waals surface area contributed by atoms with E-state index < -0.39 is 60.5 Å². The van der Waals surface area contributed by atoms with Crippen molar-refractivity contribution in [2.24, 2.45) is 5.92 Å². The zero-order valence-corrected chi connectivity index (χ0v) is 20.5. The van der Waals surface area contributed by atoms with Crippen molar-refractivity contribution < 1.29 is 35.2 Å². The number of carbonyl (C=O) groups excluding carboxylic acids is 6. The minimum absolute atomic E-state index is 0.0941. The minimum atomic E-state index is -1.20. The molecule has 0 saturated carbocycles. The van der Waals surface area contributed by atoms with Crippen LogP contribution in [0.25, 0.3) is 0 Å². The average Bonchev–Trinajstić information content (AvgIpc) is 3.09. The van der Waals surface area contributed by atoms with Gasteiger partial charge in [-0.1, -0.05) is 26.0 Å². The van der Waals surface area contributed by atoms with E-state index in [1.165, 1.54) is 6.92 Å². The second kappa shape index (κ2) is 13.3.